The molecule has 2 aromatic rings. The molecule has 0 bridgehead atoms. The first kappa shape index (κ1) is 27.2. The fourth-order valence-corrected chi connectivity index (χ4v) is 5.22. The first-order valence-electron chi connectivity index (χ1n) is 14.0. The zero-order valence-electron chi connectivity index (χ0n) is 23.1. The molecular weight excluding hydrogens is 498 g/mol. The van der Waals surface area contributed by atoms with E-state index in [9.17, 15) is 9.59 Å². The minimum absolute atomic E-state index is 0.0707. The van der Waals surface area contributed by atoms with Crippen LogP contribution in [-0.4, -0.2) is 51.5 Å². The number of benzene rings is 2. The van der Waals surface area contributed by atoms with Gasteiger partial charge < -0.3 is 29.0 Å². The van der Waals surface area contributed by atoms with Gasteiger partial charge in [-0.15, -0.1) is 0 Å². The van der Waals surface area contributed by atoms with Crippen LogP contribution < -0.4 is 24.3 Å². The maximum Gasteiger partial charge on any atom is 0.302 e. The highest BCUT2D eigenvalue weighted by Crippen LogP contribution is 2.39. The standard InChI is InChI=1S/C31H39NO7/c1-19(33)39-24-10-11-26(25(16-24)22-8-12-27(35-2)29(14-22)36-3)32-31(34)23-9-13-28(37-17-20-4-5-20)30(15-23)38-18-21-6-7-21/h8-9,12-15,20-21,24-26H,4-7,10-11,16-18H2,1-3H3,(H,32,34). The zero-order chi connectivity index (χ0) is 27.4. The Labute approximate surface area is 230 Å². The second-order valence-corrected chi connectivity index (χ2v) is 11.0. The fraction of sp³-hybridized carbons (Fsp3) is 0.548. The van der Waals surface area contributed by atoms with Gasteiger partial charge in [0.25, 0.3) is 5.91 Å². The molecule has 3 aliphatic carbocycles. The Morgan fingerprint density at radius 3 is 2.10 bits per heavy atom. The highest BCUT2D eigenvalue weighted by atomic mass is 16.5. The highest BCUT2D eigenvalue weighted by Gasteiger charge is 2.35. The van der Waals surface area contributed by atoms with Crippen molar-refractivity contribution in [2.75, 3.05) is 27.4 Å². The lowest BCUT2D eigenvalue weighted by molar-refractivity contribution is -0.148. The number of amides is 1. The lowest BCUT2D eigenvalue weighted by Gasteiger charge is -2.36. The Morgan fingerprint density at radius 1 is 0.795 bits per heavy atom. The second kappa shape index (κ2) is 12.2. The van der Waals surface area contributed by atoms with Crippen molar-refractivity contribution in [2.45, 2.75) is 69.9 Å². The highest BCUT2D eigenvalue weighted by molar-refractivity contribution is 5.95. The topological polar surface area (TPSA) is 92.3 Å². The maximum atomic E-state index is 13.5. The quantitative estimate of drug-likeness (QED) is 0.368. The van der Waals surface area contributed by atoms with Gasteiger partial charge in [0.2, 0.25) is 0 Å². The Morgan fingerprint density at radius 2 is 1.46 bits per heavy atom. The maximum absolute atomic E-state index is 13.5. The van der Waals surface area contributed by atoms with Crippen LogP contribution in [-0.2, 0) is 9.53 Å². The first-order valence-corrected chi connectivity index (χ1v) is 14.0. The van der Waals surface area contributed by atoms with Gasteiger partial charge in [-0.05, 0) is 92.7 Å². The Balaban J connectivity index is 1.34. The number of ether oxygens (including phenoxy) is 5. The molecule has 3 aliphatic rings. The van der Waals surface area contributed by atoms with Crippen molar-refractivity contribution in [1.29, 1.82) is 0 Å². The first-order chi connectivity index (χ1) is 18.9. The zero-order valence-corrected chi connectivity index (χ0v) is 23.1. The van der Waals surface area contributed by atoms with Crippen LogP contribution in [0.4, 0.5) is 0 Å². The molecule has 3 saturated carbocycles. The summed E-state index contributed by atoms with van der Waals surface area (Å²) in [7, 11) is 3.20. The summed E-state index contributed by atoms with van der Waals surface area (Å²) in [5, 5.41) is 3.26. The summed E-state index contributed by atoms with van der Waals surface area (Å²) < 4.78 is 28.6. The normalized spacial score (nSPS) is 22.5. The third-order valence-corrected chi connectivity index (χ3v) is 7.84. The smallest absolute Gasteiger partial charge is 0.302 e. The van der Waals surface area contributed by atoms with Gasteiger partial charge in [0.1, 0.15) is 6.10 Å². The van der Waals surface area contributed by atoms with Crippen molar-refractivity contribution in [3.8, 4) is 23.0 Å². The summed E-state index contributed by atoms with van der Waals surface area (Å²) in [4.78, 5) is 25.2. The minimum Gasteiger partial charge on any atom is -0.493 e. The average Bonchev–Trinajstić information content (AvgIpc) is 3.86. The van der Waals surface area contributed by atoms with Crippen LogP contribution >= 0.6 is 0 Å². The summed E-state index contributed by atoms with van der Waals surface area (Å²) in [5.41, 5.74) is 1.53. The SMILES string of the molecule is COc1ccc(C2CC(OC(C)=O)CCC2NC(=O)c2ccc(OCC3CC3)c(OCC3CC3)c2)cc1OC. The molecule has 0 aliphatic heterocycles. The van der Waals surface area contributed by atoms with Crippen LogP contribution in [0.3, 0.4) is 0 Å². The van der Waals surface area contributed by atoms with Crippen molar-refractivity contribution in [2.24, 2.45) is 11.8 Å². The van der Waals surface area contributed by atoms with E-state index < -0.39 is 0 Å². The van der Waals surface area contributed by atoms with E-state index in [0.717, 1.165) is 5.56 Å². The van der Waals surface area contributed by atoms with Crippen LogP contribution in [0, 0.1) is 11.8 Å². The van der Waals surface area contributed by atoms with Crippen molar-refractivity contribution in [3.05, 3.63) is 47.5 Å². The Hall–Kier alpha value is -3.42. The van der Waals surface area contributed by atoms with Crippen LogP contribution in [0.25, 0.3) is 0 Å². The molecule has 210 valence electrons. The van der Waals surface area contributed by atoms with Crippen LogP contribution in [0.1, 0.15) is 73.7 Å². The second-order valence-electron chi connectivity index (χ2n) is 11.0. The van der Waals surface area contributed by atoms with Crippen molar-refractivity contribution in [1.82, 2.24) is 5.32 Å². The van der Waals surface area contributed by atoms with Crippen LogP contribution in [0.15, 0.2) is 36.4 Å². The molecule has 39 heavy (non-hydrogen) atoms. The molecule has 0 aromatic heterocycles. The third kappa shape index (κ3) is 7.16. The lowest BCUT2D eigenvalue weighted by Crippen LogP contribution is -2.44. The number of rotatable bonds is 12. The number of hydrogen-bond acceptors (Lipinski definition) is 7. The van der Waals surface area contributed by atoms with E-state index in [1.54, 1.807) is 26.4 Å². The predicted molar refractivity (Wildman–Crippen MR) is 146 cm³/mol. The molecule has 3 fully saturated rings. The fourth-order valence-electron chi connectivity index (χ4n) is 5.22. The molecule has 1 amide bonds. The number of hydrogen-bond donors (Lipinski definition) is 1. The molecule has 8 heteroatoms. The van der Waals surface area contributed by atoms with Gasteiger partial charge in [-0.2, -0.15) is 0 Å². The molecule has 0 spiro atoms. The molecule has 8 nitrogen and oxygen atoms in total. The number of nitrogens with one attached hydrogen (secondary N) is 1. The van der Waals surface area contributed by atoms with Gasteiger partial charge in [-0.1, -0.05) is 6.07 Å². The molecule has 0 saturated heterocycles. The molecule has 1 N–H and O–H groups in total. The predicted octanol–water partition coefficient (Wildman–Crippen LogP) is 5.28. The van der Waals surface area contributed by atoms with E-state index in [-0.39, 0.29) is 29.9 Å². The minimum atomic E-state index is -0.295. The Kier molecular flexibility index (Phi) is 8.48. The molecule has 5 rings (SSSR count). The molecule has 3 atom stereocenters. The van der Waals surface area contributed by atoms with Gasteiger partial charge in [-0.25, -0.2) is 0 Å². The number of methoxy groups -OCH3 is 2. The van der Waals surface area contributed by atoms with Gasteiger partial charge in [0, 0.05) is 24.4 Å². The van der Waals surface area contributed by atoms with Gasteiger partial charge in [-0.3, -0.25) is 9.59 Å². The van der Waals surface area contributed by atoms with E-state index in [2.05, 4.69) is 5.32 Å². The summed E-state index contributed by atoms with van der Waals surface area (Å²) in [6.45, 7) is 2.76. The van der Waals surface area contributed by atoms with Crippen molar-refractivity contribution >= 4 is 11.9 Å². The van der Waals surface area contributed by atoms with Gasteiger partial charge in [0.05, 0.1) is 27.4 Å². The Bertz CT molecular complexity index is 1170. The number of carbonyl (C=O) groups is 2. The molecule has 3 unspecified atom stereocenters. The van der Waals surface area contributed by atoms with Crippen molar-refractivity contribution in [3.63, 3.8) is 0 Å². The van der Waals surface area contributed by atoms with E-state index in [4.69, 9.17) is 23.7 Å². The average molecular weight is 538 g/mol. The summed E-state index contributed by atoms with van der Waals surface area (Å²) >= 11 is 0. The van der Waals surface area contributed by atoms with E-state index >= 15 is 0 Å². The van der Waals surface area contributed by atoms with E-state index in [1.807, 2.05) is 24.3 Å². The molecule has 2 aromatic carbocycles. The lowest BCUT2D eigenvalue weighted by atomic mass is 9.78. The summed E-state index contributed by atoms with van der Waals surface area (Å²) in [5.74, 6) is 3.27. The summed E-state index contributed by atoms with van der Waals surface area (Å²) in [6.07, 6.45) is 6.54. The summed E-state index contributed by atoms with van der Waals surface area (Å²) in [6, 6.07) is 11.1. The third-order valence-electron chi connectivity index (χ3n) is 7.84. The van der Waals surface area contributed by atoms with E-state index in [0.29, 0.717) is 72.9 Å². The van der Waals surface area contributed by atoms with Crippen LogP contribution in [0.5, 0.6) is 23.0 Å². The largest absolute Gasteiger partial charge is 0.493 e. The van der Waals surface area contributed by atoms with Crippen LogP contribution in [0.2, 0.25) is 0 Å². The molecule has 0 heterocycles. The molecular formula is C31H39NO7. The number of carbonyl (C=O) groups excluding carboxylic acids is 2. The monoisotopic (exact) mass is 537 g/mol. The van der Waals surface area contributed by atoms with Gasteiger partial charge in [0.15, 0.2) is 23.0 Å². The van der Waals surface area contributed by atoms with Gasteiger partial charge >= 0.3 is 5.97 Å². The number of esters is 1. The molecule has 0 radical (unpaired) electrons. The van der Waals surface area contributed by atoms with E-state index in [1.165, 1.54) is 32.6 Å². The van der Waals surface area contributed by atoms with Crippen molar-refractivity contribution < 1.29 is 33.3 Å².